The normalized spacial score (nSPS) is 17.2. The van der Waals surface area contributed by atoms with E-state index in [4.69, 9.17) is 9.94 Å². The number of hydrogen-bond donors (Lipinski definition) is 3. The first kappa shape index (κ1) is 18.9. The lowest BCUT2D eigenvalue weighted by Gasteiger charge is -2.17. The van der Waals surface area contributed by atoms with Crippen LogP contribution in [0.1, 0.15) is 17.5 Å². The molecule has 0 radical (unpaired) electrons. The average Bonchev–Trinajstić information content (AvgIpc) is 3.14. The number of methoxy groups -OCH3 is 1. The van der Waals surface area contributed by atoms with Crippen LogP contribution in [0.3, 0.4) is 0 Å². The molecule has 1 fully saturated rings. The molecular weight excluding hydrogens is 344 g/mol. The van der Waals surface area contributed by atoms with Crippen LogP contribution in [-0.2, 0) is 11.3 Å². The second-order valence-electron chi connectivity index (χ2n) is 6.50. The molecule has 3 N–H and O–H groups in total. The van der Waals surface area contributed by atoms with Crippen LogP contribution in [-0.4, -0.2) is 47.2 Å². The van der Waals surface area contributed by atoms with Crippen molar-refractivity contribution in [1.29, 1.82) is 0 Å². The van der Waals surface area contributed by atoms with Gasteiger partial charge in [-0.2, -0.15) is 0 Å². The summed E-state index contributed by atoms with van der Waals surface area (Å²) in [5.74, 6) is 1.13. The summed E-state index contributed by atoms with van der Waals surface area (Å²) in [7, 11) is 1.68. The van der Waals surface area contributed by atoms with Gasteiger partial charge in [-0.25, -0.2) is 10.5 Å². The van der Waals surface area contributed by atoms with Crippen LogP contribution >= 0.6 is 0 Å². The van der Waals surface area contributed by atoms with E-state index in [0.717, 1.165) is 43.2 Å². The third-order valence-electron chi connectivity index (χ3n) is 4.49. The number of anilines is 1. The molecule has 1 atom stereocenters. The van der Waals surface area contributed by atoms with Gasteiger partial charge in [0.15, 0.2) is 0 Å². The zero-order chi connectivity index (χ0) is 19.1. The summed E-state index contributed by atoms with van der Waals surface area (Å²) in [5, 5.41) is 11.9. The molecule has 0 aliphatic carbocycles. The highest BCUT2D eigenvalue weighted by Gasteiger charge is 2.22. The number of benzene rings is 1. The Hall–Kier alpha value is -2.90. The standard InChI is InChI=1S/C20H24N4O3/c1-27-18-4-2-3-16(11-18)13-24-10-9-17(14-24)22-19-7-5-15(12-21-19)6-8-20(25)23-26/h2-8,11-12,17,26H,9-10,13-14H2,1H3,(H,21,22)(H,23,25)/t17-/m1/s1. The summed E-state index contributed by atoms with van der Waals surface area (Å²) in [5.41, 5.74) is 3.59. The van der Waals surface area contributed by atoms with Crippen molar-refractivity contribution in [3.8, 4) is 5.75 Å². The fourth-order valence-corrected chi connectivity index (χ4v) is 3.13. The van der Waals surface area contributed by atoms with Gasteiger partial charge in [-0.3, -0.25) is 14.9 Å². The van der Waals surface area contributed by atoms with Gasteiger partial charge in [-0.05, 0) is 47.9 Å². The van der Waals surface area contributed by atoms with Gasteiger partial charge in [0.1, 0.15) is 11.6 Å². The van der Waals surface area contributed by atoms with Crippen LogP contribution in [0.2, 0.25) is 0 Å². The van der Waals surface area contributed by atoms with E-state index in [1.807, 2.05) is 24.3 Å². The molecule has 2 aromatic rings. The summed E-state index contributed by atoms with van der Waals surface area (Å²) in [6.07, 6.45) is 5.59. The molecule has 142 valence electrons. The summed E-state index contributed by atoms with van der Waals surface area (Å²) < 4.78 is 5.29. The third-order valence-corrected chi connectivity index (χ3v) is 4.49. The summed E-state index contributed by atoms with van der Waals surface area (Å²) in [6.45, 7) is 2.89. The summed E-state index contributed by atoms with van der Waals surface area (Å²) in [6, 6.07) is 12.3. The largest absolute Gasteiger partial charge is 0.497 e. The molecule has 3 rings (SSSR count). The number of hydrogen-bond acceptors (Lipinski definition) is 6. The first-order valence-electron chi connectivity index (χ1n) is 8.86. The molecule has 1 saturated heterocycles. The molecule has 0 saturated carbocycles. The molecule has 0 spiro atoms. The molecule has 1 amide bonds. The van der Waals surface area contributed by atoms with Gasteiger partial charge in [0.2, 0.25) is 0 Å². The Kier molecular flexibility index (Phi) is 6.40. The molecule has 27 heavy (non-hydrogen) atoms. The van der Waals surface area contributed by atoms with Gasteiger partial charge in [-0.1, -0.05) is 12.1 Å². The highest BCUT2D eigenvalue weighted by atomic mass is 16.5. The van der Waals surface area contributed by atoms with Crippen molar-refractivity contribution in [2.45, 2.75) is 19.0 Å². The molecule has 7 heteroatoms. The van der Waals surface area contributed by atoms with E-state index < -0.39 is 5.91 Å². The minimum absolute atomic E-state index is 0.352. The molecule has 1 aromatic carbocycles. The Balaban J connectivity index is 1.50. The zero-order valence-corrected chi connectivity index (χ0v) is 15.3. The van der Waals surface area contributed by atoms with E-state index in [-0.39, 0.29) is 0 Å². The number of amides is 1. The molecule has 1 aliphatic rings. The number of nitrogens with zero attached hydrogens (tertiary/aromatic N) is 2. The van der Waals surface area contributed by atoms with Gasteiger partial charge < -0.3 is 10.1 Å². The second-order valence-corrected chi connectivity index (χ2v) is 6.50. The number of aromatic nitrogens is 1. The monoisotopic (exact) mass is 368 g/mol. The van der Waals surface area contributed by atoms with Crippen LogP contribution in [0.4, 0.5) is 5.82 Å². The lowest BCUT2D eigenvalue weighted by atomic mass is 10.2. The van der Waals surface area contributed by atoms with Crippen LogP contribution in [0, 0.1) is 0 Å². The van der Waals surface area contributed by atoms with E-state index in [9.17, 15) is 4.79 Å². The van der Waals surface area contributed by atoms with Crippen molar-refractivity contribution in [2.75, 3.05) is 25.5 Å². The van der Waals surface area contributed by atoms with Gasteiger partial charge in [0, 0.05) is 37.9 Å². The van der Waals surface area contributed by atoms with Crippen LogP contribution in [0.25, 0.3) is 6.08 Å². The minimum Gasteiger partial charge on any atom is -0.497 e. The maximum atomic E-state index is 11.0. The van der Waals surface area contributed by atoms with Crippen molar-refractivity contribution in [3.63, 3.8) is 0 Å². The average molecular weight is 368 g/mol. The maximum absolute atomic E-state index is 11.0. The van der Waals surface area contributed by atoms with Crippen molar-refractivity contribution in [2.24, 2.45) is 0 Å². The van der Waals surface area contributed by atoms with E-state index >= 15 is 0 Å². The second kappa shape index (κ2) is 9.16. The van der Waals surface area contributed by atoms with Crippen molar-refractivity contribution in [3.05, 3.63) is 59.8 Å². The van der Waals surface area contributed by atoms with Crippen molar-refractivity contribution < 1.29 is 14.7 Å². The first-order chi connectivity index (χ1) is 13.2. The van der Waals surface area contributed by atoms with Crippen LogP contribution < -0.4 is 15.5 Å². The van der Waals surface area contributed by atoms with Gasteiger partial charge in [-0.15, -0.1) is 0 Å². The Morgan fingerprint density at radius 1 is 1.41 bits per heavy atom. The molecule has 2 heterocycles. The predicted molar refractivity (Wildman–Crippen MR) is 103 cm³/mol. The topological polar surface area (TPSA) is 86.7 Å². The van der Waals surface area contributed by atoms with E-state index in [2.05, 4.69) is 27.3 Å². The highest BCUT2D eigenvalue weighted by Crippen LogP contribution is 2.19. The number of pyridine rings is 1. The number of nitrogens with one attached hydrogen (secondary N) is 2. The zero-order valence-electron chi connectivity index (χ0n) is 15.3. The SMILES string of the molecule is COc1cccc(CN2CC[C@@H](Nc3ccc(C=CC(=O)NO)cn3)C2)c1. The molecule has 1 aliphatic heterocycles. The van der Waals surface area contributed by atoms with E-state index in [1.54, 1.807) is 24.9 Å². The lowest BCUT2D eigenvalue weighted by molar-refractivity contribution is -0.124. The summed E-state index contributed by atoms with van der Waals surface area (Å²) >= 11 is 0. The summed E-state index contributed by atoms with van der Waals surface area (Å²) in [4.78, 5) is 17.8. The quantitative estimate of drug-likeness (QED) is 0.395. The number of carbonyl (C=O) groups is 1. The Bertz CT molecular complexity index is 792. The highest BCUT2D eigenvalue weighted by molar-refractivity contribution is 5.90. The molecule has 0 unspecified atom stereocenters. The van der Waals surface area contributed by atoms with E-state index in [0.29, 0.717) is 6.04 Å². The smallest absolute Gasteiger partial charge is 0.267 e. The number of ether oxygens (including phenoxy) is 1. The van der Waals surface area contributed by atoms with Gasteiger partial charge >= 0.3 is 0 Å². The molecular formula is C20H24N4O3. The first-order valence-corrected chi connectivity index (χ1v) is 8.86. The Morgan fingerprint density at radius 2 is 2.30 bits per heavy atom. The van der Waals surface area contributed by atoms with Crippen LogP contribution in [0.15, 0.2) is 48.7 Å². The Morgan fingerprint density at radius 3 is 3.04 bits per heavy atom. The number of carbonyl (C=O) groups excluding carboxylic acids is 1. The fourth-order valence-electron chi connectivity index (χ4n) is 3.13. The maximum Gasteiger partial charge on any atom is 0.267 e. The van der Waals surface area contributed by atoms with Crippen molar-refractivity contribution in [1.82, 2.24) is 15.4 Å². The van der Waals surface area contributed by atoms with Crippen molar-refractivity contribution >= 4 is 17.8 Å². The number of hydroxylamine groups is 1. The predicted octanol–water partition coefficient (Wildman–Crippen LogP) is 2.30. The van der Waals surface area contributed by atoms with Gasteiger partial charge in [0.05, 0.1) is 7.11 Å². The molecule has 1 aromatic heterocycles. The lowest BCUT2D eigenvalue weighted by Crippen LogP contribution is -2.26. The number of rotatable bonds is 7. The third kappa shape index (κ3) is 5.54. The fraction of sp³-hybridized carbons (Fsp3) is 0.300. The number of likely N-dealkylation sites (tertiary alicyclic amines) is 1. The van der Waals surface area contributed by atoms with Gasteiger partial charge in [0.25, 0.3) is 5.91 Å². The molecule has 7 nitrogen and oxygen atoms in total. The Labute approximate surface area is 158 Å². The van der Waals surface area contributed by atoms with E-state index in [1.165, 1.54) is 11.6 Å². The van der Waals surface area contributed by atoms with Crippen LogP contribution in [0.5, 0.6) is 5.75 Å². The minimum atomic E-state index is -0.570. The molecule has 0 bridgehead atoms.